The van der Waals surface area contributed by atoms with Crippen molar-refractivity contribution in [2.45, 2.75) is 69.5 Å². The molecule has 28 heavy (non-hydrogen) atoms. The van der Waals surface area contributed by atoms with E-state index in [1.807, 2.05) is 18.2 Å². The Morgan fingerprint density at radius 1 is 1.04 bits per heavy atom. The Balaban J connectivity index is 1.64. The first-order valence-electron chi connectivity index (χ1n) is 10.9. The number of fused-ring (bicyclic) bond motifs is 3. The molecule has 0 aromatic heterocycles. The van der Waals surface area contributed by atoms with Crippen LogP contribution >= 0.6 is 0 Å². The number of rotatable bonds is 7. The summed E-state index contributed by atoms with van der Waals surface area (Å²) in [5, 5.41) is 15.2. The van der Waals surface area contributed by atoms with Gasteiger partial charge in [-0.05, 0) is 74.0 Å². The normalized spacial score (nSPS) is 26.4. The van der Waals surface area contributed by atoms with Crippen LogP contribution in [-0.4, -0.2) is 23.8 Å². The van der Waals surface area contributed by atoms with Crippen LogP contribution in [0.15, 0.2) is 48.5 Å². The number of nitrogens with one attached hydrogen (secondary N) is 1. The lowest BCUT2D eigenvalue weighted by atomic mass is 9.53. The van der Waals surface area contributed by atoms with Gasteiger partial charge in [0.05, 0.1) is 5.60 Å². The van der Waals surface area contributed by atoms with Crippen molar-refractivity contribution >= 4 is 0 Å². The molecule has 0 aliphatic heterocycles. The van der Waals surface area contributed by atoms with Crippen molar-refractivity contribution in [3.05, 3.63) is 65.2 Å². The molecular weight excluding hydrogens is 346 g/mol. The van der Waals surface area contributed by atoms with E-state index in [0.717, 1.165) is 57.4 Å². The van der Waals surface area contributed by atoms with Crippen molar-refractivity contribution in [2.75, 3.05) is 13.1 Å². The van der Waals surface area contributed by atoms with E-state index in [2.05, 4.69) is 42.6 Å². The van der Waals surface area contributed by atoms with E-state index in [-0.39, 0.29) is 5.41 Å². The summed E-state index contributed by atoms with van der Waals surface area (Å²) in [4.78, 5) is 0. The molecule has 0 radical (unpaired) electrons. The van der Waals surface area contributed by atoms with E-state index in [1.54, 1.807) is 0 Å². The molecule has 0 saturated heterocycles. The molecule has 2 aromatic carbocycles. The van der Waals surface area contributed by atoms with Gasteiger partial charge in [-0.3, -0.25) is 0 Å². The van der Waals surface area contributed by atoms with E-state index in [0.29, 0.717) is 6.61 Å². The minimum atomic E-state index is -0.578. The van der Waals surface area contributed by atoms with Crippen LogP contribution in [0.1, 0.15) is 62.1 Å². The molecule has 2 aromatic rings. The quantitative estimate of drug-likeness (QED) is 0.682. The van der Waals surface area contributed by atoms with Gasteiger partial charge in [-0.2, -0.15) is 0 Å². The van der Waals surface area contributed by atoms with Crippen LogP contribution < -0.4 is 10.1 Å². The molecule has 1 saturated carbocycles. The summed E-state index contributed by atoms with van der Waals surface area (Å²) in [6.45, 7) is 4.65. The molecule has 2 atom stereocenters. The predicted molar refractivity (Wildman–Crippen MR) is 114 cm³/mol. The molecule has 0 heterocycles. The van der Waals surface area contributed by atoms with Gasteiger partial charge in [-0.1, -0.05) is 56.2 Å². The van der Waals surface area contributed by atoms with Crippen molar-refractivity contribution < 1.29 is 9.84 Å². The van der Waals surface area contributed by atoms with Gasteiger partial charge in [0.2, 0.25) is 0 Å². The minimum absolute atomic E-state index is 0.146. The van der Waals surface area contributed by atoms with Crippen molar-refractivity contribution in [1.82, 2.24) is 5.32 Å². The fourth-order valence-corrected chi connectivity index (χ4v) is 5.43. The second-order valence-electron chi connectivity index (χ2n) is 8.52. The maximum atomic E-state index is 11.7. The molecule has 2 N–H and O–H groups in total. The summed E-state index contributed by atoms with van der Waals surface area (Å²) in [6, 6.07) is 16.9. The van der Waals surface area contributed by atoms with Gasteiger partial charge in [-0.25, -0.2) is 0 Å². The number of hydrogen-bond donors (Lipinski definition) is 2. The summed E-state index contributed by atoms with van der Waals surface area (Å²) >= 11 is 0. The number of aliphatic hydroxyl groups is 1. The highest BCUT2D eigenvalue weighted by Gasteiger charge is 2.54. The fourth-order valence-electron chi connectivity index (χ4n) is 5.43. The molecule has 3 heteroatoms. The Bertz CT molecular complexity index is 790. The lowest BCUT2D eigenvalue weighted by Gasteiger charge is -2.55. The van der Waals surface area contributed by atoms with Crippen LogP contribution in [0.4, 0.5) is 0 Å². The van der Waals surface area contributed by atoms with Crippen LogP contribution in [-0.2, 0) is 18.4 Å². The smallest absolute Gasteiger partial charge is 0.120 e. The van der Waals surface area contributed by atoms with Crippen molar-refractivity contribution in [2.24, 2.45) is 0 Å². The first-order valence-corrected chi connectivity index (χ1v) is 10.9. The van der Waals surface area contributed by atoms with Gasteiger partial charge >= 0.3 is 0 Å². The largest absolute Gasteiger partial charge is 0.489 e. The Morgan fingerprint density at radius 2 is 1.86 bits per heavy atom. The summed E-state index contributed by atoms with van der Waals surface area (Å²) in [6.07, 6.45) is 7.18. The Morgan fingerprint density at radius 3 is 2.68 bits per heavy atom. The lowest BCUT2D eigenvalue weighted by molar-refractivity contribution is -0.0869. The molecule has 0 spiro atoms. The predicted octanol–water partition coefficient (Wildman–Crippen LogP) is 4.75. The van der Waals surface area contributed by atoms with Gasteiger partial charge < -0.3 is 15.2 Å². The van der Waals surface area contributed by atoms with Crippen molar-refractivity contribution in [1.29, 1.82) is 0 Å². The summed E-state index contributed by atoms with van der Waals surface area (Å²) < 4.78 is 6.14. The van der Waals surface area contributed by atoms with Crippen LogP contribution in [0, 0.1) is 0 Å². The summed E-state index contributed by atoms with van der Waals surface area (Å²) in [5.41, 5.74) is 3.19. The highest BCUT2D eigenvalue weighted by atomic mass is 16.5. The van der Waals surface area contributed by atoms with Gasteiger partial charge in [-0.15, -0.1) is 0 Å². The summed E-state index contributed by atoms with van der Waals surface area (Å²) in [5.74, 6) is 0.917. The first kappa shape index (κ1) is 19.5. The molecule has 3 nitrogen and oxygen atoms in total. The maximum Gasteiger partial charge on any atom is 0.120 e. The van der Waals surface area contributed by atoms with E-state index in [4.69, 9.17) is 4.74 Å². The van der Waals surface area contributed by atoms with Gasteiger partial charge in [0.1, 0.15) is 12.4 Å². The molecule has 0 unspecified atom stereocenters. The SMILES string of the molecule is CCNCC[C@]12CCCC[C@@]1(O)CCc1ccc(OCc3ccccc3)cc12. The highest BCUT2D eigenvalue weighted by molar-refractivity contribution is 5.46. The molecule has 0 bridgehead atoms. The molecule has 2 aliphatic carbocycles. The van der Waals surface area contributed by atoms with Crippen LogP contribution in [0.25, 0.3) is 0 Å². The van der Waals surface area contributed by atoms with Crippen molar-refractivity contribution in [3.8, 4) is 5.75 Å². The van der Waals surface area contributed by atoms with Crippen LogP contribution in [0.3, 0.4) is 0 Å². The zero-order valence-corrected chi connectivity index (χ0v) is 17.0. The van der Waals surface area contributed by atoms with Gasteiger partial charge in [0.25, 0.3) is 0 Å². The van der Waals surface area contributed by atoms with Crippen molar-refractivity contribution in [3.63, 3.8) is 0 Å². The third-order valence-electron chi connectivity index (χ3n) is 6.97. The Kier molecular flexibility index (Phi) is 5.75. The highest BCUT2D eigenvalue weighted by Crippen LogP contribution is 2.55. The molecule has 0 amide bonds. The van der Waals surface area contributed by atoms with Gasteiger partial charge in [0.15, 0.2) is 0 Å². The van der Waals surface area contributed by atoms with Gasteiger partial charge in [0, 0.05) is 5.41 Å². The monoisotopic (exact) mass is 379 g/mol. The molecule has 150 valence electrons. The molecule has 1 fully saturated rings. The average Bonchev–Trinajstić information content (AvgIpc) is 2.73. The van der Waals surface area contributed by atoms with E-state index in [1.165, 1.54) is 23.1 Å². The third-order valence-corrected chi connectivity index (χ3v) is 6.97. The lowest BCUT2D eigenvalue weighted by Crippen LogP contribution is -2.57. The number of hydrogen-bond acceptors (Lipinski definition) is 3. The fraction of sp³-hybridized carbons (Fsp3) is 0.520. The number of benzene rings is 2. The number of aryl methyl sites for hydroxylation is 1. The van der Waals surface area contributed by atoms with E-state index >= 15 is 0 Å². The average molecular weight is 380 g/mol. The minimum Gasteiger partial charge on any atom is -0.489 e. The molecule has 4 rings (SSSR count). The standard InChI is InChI=1S/C25H33NO2/c1-2-26-17-16-24-13-6-7-14-25(24,27)15-12-21-10-11-22(18-23(21)24)28-19-20-8-4-3-5-9-20/h3-5,8-11,18,26-27H,2,6-7,12-17,19H2,1H3/t24-,25+/m0/s1. The maximum absolute atomic E-state index is 11.7. The first-order chi connectivity index (χ1) is 13.7. The second-order valence-corrected chi connectivity index (χ2v) is 8.52. The van der Waals surface area contributed by atoms with E-state index in [9.17, 15) is 5.11 Å². The molecule has 2 aliphatic rings. The van der Waals surface area contributed by atoms with Crippen LogP contribution in [0.5, 0.6) is 5.75 Å². The zero-order chi connectivity index (χ0) is 19.5. The third kappa shape index (κ3) is 3.58. The second kappa shape index (κ2) is 8.26. The summed E-state index contributed by atoms with van der Waals surface area (Å²) in [7, 11) is 0. The topological polar surface area (TPSA) is 41.5 Å². The zero-order valence-electron chi connectivity index (χ0n) is 17.0. The number of ether oxygens (including phenoxy) is 1. The Hall–Kier alpha value is -1.84. The Labute approximate surface area is 169 Å². The van der Waals surface area contributed by atoms with E-state index < -0.39 is 5.60 Å². The molecular formula is C25H33NO2. The van der Waals surface area contributed by atoms with Crippen LogP contribution in [0.2, 0.25) is 0 Å².